The van der Waals surface area contributed by atoms with E-state index in [0.717, 1.165) is 38.5 Å². The number of methoxy groups -OCH3 is 1. The van der Waals surface area contributed by atoms with Gasteiger partial charge in [0, 0.05) is 12.0 Å². The van der Waals surface area contributed by atoms with Crippen molar-refractivity contribution in [2.45, 2.75) is 78.2 Å². The van der Waals surface area contributed by atoms with E-state index in [1.807, 2.05) is 13.8 Å². The minimum atomic E-state index is -0.319. The van der Waals surface area contributed by atoms with Crippen molar-refractivity contribution in [1.82, 2.24) is 0 Å². The molecule has 2 aliphatic carbocycles. The maximum atomic E-state index is 12.4. The molecule has 2 rings (SSSR count). The number of hydrogen-bond acceptors (Lipinski definition) is 4. The normalized spacial score (nSPS) is 20.1. The first-order valence-electron chi connectivity index (χ1n) is 9.72. The molecular formula is C22H36O6. The second-order valence-electron chi connectivity index (χ2n) is 7.50. The Balaban J connectivity index is 0.00000364. The zero-order valence-corrected chi connectivity index (χ0v) is 17.7. The van der Waals surface area contributed by atoms with Crippen LogP contribution in [0.4, 0.5) is 0 Å². The first-order chi connectivity index (χ1) is 12.4. The molecule has 2 unspecified atom stereocenters. The van der Waals surface area contributed by atoms with E-state index in [2.05, 4.69) is 13.5 Å². The maximum absolute atomic E-state index is 12.4. The first kappa shape index (κ1) is 26.1. The summed E-state index contributed by atoms with van der Waals surface area (Å²) in [6, 6.07) is 0. The molecule has 0 saturated heterocycles. The number of esters is 2. The van der Waals surface area contributed by atoms with Gasteiger partial charge in [-0.3, -0.25) is 4.79 Å². The molecule has 0 heterocycles. The number of carbonyl (C=O) groups is 2. The molecule has 0 aromatic heterocycles. The van der Waals surface area contributed by atoms with E-state index in [0.29, 0.717) is 18.4 Å². The molecule has 0 aromatic carbocycles. The van der Waals surface area contributed by atoms with Gasteiger partial charge in [0.1, 0.15) is 6.10 Å². The van der Waals surface area contributed by atoms with Crippen molar-refractivity contribution in [3.05, 3.63) is 34.4 Å². The highest BCUT2D eigenvalue weighted by Gasteiger charge is 2.31. The SMILES string of the molecule is C=C(CC)C(=O)OC(C)CC1=C2CCC(=C(C)CC1)CCC2C(=O)OC.O.O. The molecule has 6 heteroatoms. The summed E-state index contributed by atoms with van der Waals surface area (Å²) in [6.45, 7) is 9.78. The Labute approximate surface area is 168 Å². The first-order valence-corrected chi connectivity index (χ1v) is 9.72. The number of fused-ring (bicyclic) bond motifs is 3. The molecule has 4 N–H and O–H groups in total. The van der Waals surface area contributed by atoms with Crippen LogP contribution in [0, 0.1) is 5.92 Å². The van der Waals surface area contributed by atoms with Crippen molar-refractivity contribution in [2.75, 3.05) is 7.11 Å². The zero-order valence-electron chi connectivity index (χ0n) is 17.7. The molecule has 2 atom stereocenters. The summed E-state index contributed by atoms with van der Waals surface area (Å²) < 4.78 is 10.6. The fraction of sp³-hybridized carbons (Fsp3) is 0.636. The number of ether oxygens (including phenoxy) is 2. The topological polar surface area (TPSA) is 116 Å². The van der Waals surface area contributed by atoms with Gasteiger partial charge in [0.15, 0.2) is 0 Å². The lowest BCUT2D eigenvalue weighted by Crippen LogP contribution is -2.21. The number of rotatable bonds is 6. The van der Waals surface area contributed by atoms with E-state index in [9.17, 15) is 9.59 Å². The molecular weight excluding hydrogens is 360 g/mol. The Morgan fingerprint density at radius 3 is 2.43 bits per heavy atom. The minimum absolute atomic E-state index is 0. The third kappa shape index (κ3) is 6.31. The van der Waals surface area contributed by atoms with E-state index in [1.165, 1.54) is 29.4 Å². The summed E-state index contributed by atoms with van der Waals surface area (Å²) in [7, 11) is 1.47. The summed E-state index contributed by atoms with van der Waals surface area (Å²) in [5.41, 5.74) is 5.94. The Morgan fingerprint density at radius 2 is 1.82 bits per heavy atom. The van der Waals surface area contributed by atoms with Gasteiger partial charge in [-0.05, 0) is 58.8 Å². The van der Waals surface area contributed by atoms with Crippen LogP contribution in [0.25, 0.3) is 0 Å². The zero-order chi connectivity index (χ0) is 19.3. The highest BCUT2D eigenvalue weighted by Crippen LogP contribution is 2.40. The van der Waals surface area contributed by atoms with Gasteiger partial charge in [0.05, 0.1) is 13.0 Å². The number of hydrogen-bond donors (Lipinski definition) is 0. The highest BCUT2D eigenvalue weighted by molar-refractivity contribution is 5.87. The molecule has 0 aromatic rings. The van der Waals surface area contributed by atoms with Crippen molar-refractivity contribution in [2.24, 2.45) is 5.92 Å². The van der Waals surface area contributed by atoms with Crippen LogP contribution in [0.15, 0.2) is 34.4 Å². The fourth-order valence-electron chi connectivity index (χ4n) is 4.04. The Bertz CT molecular complexity index is 643. The van der Waals surface area contributed by atoms with Gasteiger partial charge in [0.25, 0.3) is 0 Å². The molecule has 1 saturated carbocycles. The quantitative estimate of drug-likeness (QED) is 0.388. The van der Waals surface area contributed by atoms with Crippen molar-refractivity contribution in [3.8, 4) is 0 Å². The predicted molar refractivity (Wildman–Crippen MR) is 110 cm³/mol. The summed E-state index contributed by atoms with van der Waals surface area (Å²) in [5.74, 6) is -0.616. The molecule has 0 aliphatic heterocycles. The second-order valence-corrected chi connectivity index (χ2v) is 7.50. The molecule has 2 aliphatic rings. The Morgan fingerprint density at radius 1 is 1.14 bits per heavy atom. The van der Waals surface area contributed by atoms with Crippen LogP contribution in [-0.2, 0) is 19.1 Å². The number of allylic oxidation sites excluding steroid dienone is 2. The Hall–Kier alpha value is -1.92. The van der Waals surface area contributed by atoms with Gasteiger partial charge in [0.2, 0.25) is 0 Å². The van der Waals surface area contributed by atoms with Gasteiger partial charge >= 0.3 is 11.9 Å². The van der Waals surface area contributed by atoms with Crippen molar-refractivity contribution in [1.29, 1.82) is 0 Å². The monoisotopic (exact) mass is 396 g/mol. The van der Waals surface area contributed by atoms with Crippen molar-refractivity contribution in [3.63, 3.8) is 0 Å². The third-order valence-electron chi connectivity index (χ3n) is 5.75. The van der Waals surface area contributed by atoms with Crippen LogP contribution in [0.2, 0.25) is 0 Å². The molecule has 2 bridgehead atoms. The van der Waals surface area contributed by atoms with Gasteiger partial charge in [-0.15, -0.1) is 0 Å². The van der Waals surface area contributed by atoms with Crippen LogP contribution in [0.5, 0.6) is 0 Å². The largest absolute Gasteiger partial charge is 0.469 e. The van der Waals surface area contributed by atoms with Crippen molar-refractivity contribution < 1.29 is 30.0 Å². The summed E-state index contributed by atoms with van der Waals surface area (Å²) in [4.78, 5) is 24.4. The van der Waals surface area contributed by atoms with E-state index in [4.69, 9.17) is 9.47 Å². The lowest BCUT2D eigenvalue weighted by atomic mass is 9.84. The van der Waals surface area contributed by atoms with E-state index in [1.54, 1.807) is 0 Å². The highest BCUT2D eigenvalue weighted by atomic mass is 16.5. The molecule has 1 fully saturated rings. The van der Waals surface area contributed by atoms with Crippen LogP contribution in [0.1, 0.15) is 72.1 Å². The molecule has 0 radical (unpaired) electrons. The standard InChI is InChI=1S/C22H32O4.2H2O/c1-6-14(2)21(23)26-16(4)13-18-8-7-15(3)17-9-11-19(18)20(12-10-17)22(24)25-5;;/h16,20H,2,6-13H2,1,3-5H3;2*1H2. The summed E-state index contributed by atoms with van der Waals surface area (Å²) in [5, 5.41) is 0. The Kier molecular flexibility index (Phi) is 11.0. The van der Waals surface area contributed by atoms with Crippen LogP contribution < -0.4 is 0 Å². The summed E-state index contributed by atoms with van der Waals surface area (Å²) >= 11 is 0. The molecule has 0 amide bonds. The number of carbonyl (C=O) groups excluding carboxylic acids is 2. The molecule has 160 valence electrons. The van der Waals surface area contributed by atoms with E-state index >= 15 is 0 Å². The molecule has 0 spiro atoms. The van der Waals surface area contributed by atoms with Gasteiger partial charge in [-0.1, -0.05) is 35.8 Å². The maximum Gasteiger partial charge on any atom is 0.333 e. The van der Waals surface area contributed by atoms with Crippen LogP contribution in [-0.4, -0.2) is 36.1 Å². The minimum Gasteiger partial charge on any atom is -0.469 e. The van der Waals surface area contributed by atoms with Gasteiger partial charge in [-0.25, -0.2) is 4.79 Å². The van der Waals surface area contributed by atoms with Crippen molar-refractivity contribution >= 4 is 11.9 Å². The van der Waals surface area contributed by atoms with Crippen LogP contribution >= 0.6 is 0 Å². The molecule has 6 nitrogen and oxygen atoms in total. The predicted octanol–water partition coefficient (Wildman–Crippen LogP) is 3.40. The van der Waals surface area contributed by atoms with E-state index < -0.39 is 0 Å². The fourth-order valence-corrected chi connectivity index (χ4v) is 4.04. The van der Waals surface area contributed by atoms with E-state index in [-0.39, 0.29) is 34.9 Å². The van der Waals surface area contributed by atoms with Crippen LogP contribution in [0.3, 0.4) is 0 Å². The molecule has 28 heavy (non-hydrogen) atoms. The lowest BCUT2D eigenvalue weighted by Gasteiger charge is -2.24. The second kappa shape index (κ2) is 11.8. The average molecular weight is 397 g/mol. The van der Waals surface area contributed by atoms with Gasteiger partial charge in [-0.2, -0.15) is 0 Å². The summed E-state index contributed by atoms with van der Waals surface area (Å²) in [6.07, 6.45) is 6.72. The average Bonchev–Trinajstić information content (AvgIpc) is 2.82. The third-order valence-corrected chi connectivity index (χ3v) is 5.75. The lowest BCUT2D eigenvalue weighted by molar-refractivity contribution is -0.145. The smallest absolute Gasteiger partial charge is 0.333 e. The van der Waals surface area contributed by atoms with Gasteiger partial charge < -0.3 is 20.4 Å².